The van der Waals surface area contributed by atoms with Crippen LogP contribution in [-0.2, 0) is 0 Å². The summed E-state index contributed by atoms with van der Waals surface area (Å²) in [6.45, 7) is 0. The normalized spacial score (nSPS) is 10.2. The zero-order valence-corrected chi connectivity index (χ0v) is 10.1. The molecule has 0 aliphatic carbocycles. The molecular formula is C12H9Cl2NO. The van der Waals surface area contributed by atoms with Crippen LogP contribution < -0.4 is 4.74 Å². The summed E-state index contributed by atoms with van der Waals surface area (Å²) in [6, 6.07) is 11.0. The van der Waals surface area contributed by atoms with Gasteiger partial charge in [0.05, 0.1) is 22.8 Å². The van der Waals surface area contributed by atoms with Crippen molar-refractivity contribution in [2.24, 2.45) is 0 Å². The summed E-state index contributed by atoms with van der Waals surface area (Å²) < 4.78 is 5.06. The van der Waals surface area contributed by atoms with E-state index in [1.54, 1.807) is 19.2 Å². The fourth-order valence-corrected chi connectivity index (χ4v) is 1.78. The number of aromatic nitrogens is 1. The Morgan fingerprint density at radius 1 is 1.06 bits per heavy atom. The topological polar surface area (TPSA) is 22.1 Å². The van der Waals surface area contributed by atoms with Crippen LogP contribution in [0.15, 0.2) is 36.4 Å². The number of benzene rings is 1. The minimum atomic E-state index is 0.505. The van der Waals surface area contributed by atoms with Crippen LogP contribution in [0.5, 0.6) is 5.88 Å². The maximum atomic E-state index is 6.11. The molecule has 0 spiro atoms. The highest BCUT2D eigenvalue weighted by molar-refractivity contribution is 6.43. The number of methoxy groups -OCH3 is 1. The standard InChI is InChI=1S/C12H9Cl2NO/c1-16-11-7-3-6-10(15-11)8-4-2-5-9(13)12(8)14/h2-7H,1H3. The van der Waals surface area contributed by atoms with Crippen molar-refractivity contribution in [3.63, 3.8) is 0 Å². The lowest BCUT2D eigenvalue weighted by molar-refractivity contribution is 0.398. The minimum Gasteiger partial charge on any atom is -0.481 e. The number of halogens is 2. The van der Waals surface area contributed by atoms with Crippen LogP contribution >= 0.6 is 23.2 Å². The summed E-state index contributed by atoms with van der Waals surface area (Å²) >= 11 is 12.1. The Morgan fingerprint density at radius 2 is 1.81 bits per heavy atom. The van der Waals surface area contributed by atoms with E-state index in [-0.39, 0.29) is 0 Å². The molecule has 0 N–H and O–H groups in total. The fourth-order valence-electron chi connectivity index (χ4n) is 1.38. The number of pyridine rings is 1. The Kier molecular flexibility index (Phi) is 3.32. The van der Waals surface area contributed by atoms with Gasteiger partial charge in [0.15, 0.2) is 0 Å². The molecule has 1 heterocycles. The summed E-state index contributed by atoms with van der Waals surface area (Å²) in [5, 5.41) is 1.02. The van der Waals surface area contributed by atoms with Crippen molar-refractivity contribution in [3.05, 3.63) is 46.4 Å². The third kappa shape index (κ3) is 2.13. The second kappa shape index (κ2) is 4.73. The molecule has 16 heavy (non-hydrogen) atoms. The van der Waals surface area contributed by atoms with Gasteiger partial charge in [-0.15, -0.1) is 0 Å². The van der Waals surface area contributed by atoms with Crippen molar-refractivity contribution in [1.29, 1.82) is 0 Å². The highest BCUT2D eigenvalue weighted by atomic mass is 35.5. The molecule has 2 rings (SSSR count). The van der Waals surface area contributed by atoms with Gasteiger partial charge in [-0.2, -0.15) is 0 Å². The van der Waals surface area contributed by atoms with Gasteiger partial charge in [0.25, 0.3) is 0 Å². The number of hydrogen-bond donors (Lipinski definition) is 0. The van der Waals surface area contributed by atoms with E-state index in [0.29, 0.717) is 15.9 Å². The van der Waals surface area contributed by atoms with Gasteiger partial charge < -0.3 is 4.74 Å². The first kappa shape index (κ1) is 11.2. The van der Waals surface area contributed by atoms with Crippen molar-refractivity contribution >= 4 is 23.2 Å². The minimum absolute atomic E-state index is 0.505. The van der Waals surface area contributed by atoms with Crippen LogP contribution in [0.1, 0.15) is 0 Å². The first-order valence-electron chi connectivity index (χ1n) is 4.68. The van der Waals surface area contributed by atoms with Crippen LogP contribution in [0.2, 0.25) is 10.0 Å². The van der Waals surface area contributed by atoms with Crippen LogP contribution in [0.25, 0.3) is 11.3 Å². The SMILES string of the molecule is COc1cccc(-c2cccc(Cl)c2Cl)n1. The average molecular weight is 254 g/mol. The quantitative estimate of drug-likeness (QED) is 0.806. The molecule has 0 radical (unpaired) electrons. The van der Waals surface area contributed by atoms with E-state index in [9.17, 15) is 0 Å². The van der Waals surface area contributed by atoms with Gasteiger partial charge in [0.2, 0.25) is 5.88 Å². The molecular weight excluding hydrogens is 245 g/mol. The number of nitrogens with zero attached hydrogens (tertiary/aromatic N) is 1. The second-order valence-corrected chi connectivity index (χ2v) is 3.95. The predicted octanol–water partition coefficient (Wildman–Crippen LogP) is 4.06. The highest BCUT2D eigenvalue weighted by Gasteiger charge is 2.08. The third-order valence-electron chi connectivity index (χ3n) is 2.16. The molecule has 4 heteroatoms. The van der Waals surface area contributed by atoms with Crippen molar-refractivity contribution in [3.8, 4) is 17.1 Å². The fraction of sp³-hybridized carbons (Fsp3) is 0.0833. The molecule has 82 valence electrons. The Hall–Kier alpha value is -1.25. The van der Waals surface area contributed by atoms with E-state index >= 15 is 0 Å². The molecule has 0 saturated heterocycles. The Morgan fingerprint density at radius 3 is 2.56 bits per heavy atom. The third-order valence-corrected chi connectivity index (χ3v) is 2.98. The lowest BCUT2D eigenvalue weighted by Gasteiger charge is -2.06. The summed E-state index contributed by atoms with van der Waals surface area (Å²) in [4.78, 5) is 4.30. The van der Waals surface area contributed by atoms with Gasteiger partial charge in [-0.1, -0.05) is 41.4 Å². The van der Waals surface area contributed by atoms with Gasteiger partial charge >= 0.3 is 0 Å². The van der Waals surface area contributed by atoms with Gasteiger partial charge in [0.1, 0.15) is 0 Å². The van der Waals surface area contributed by atoms with Gasteiger partial charge in [-0.25, -0.2) is 4.98 Å². The molecule has 1 aromatic heterocycles. The van der Waals surface area contributed by atoms with Crippen LogP contribution in [0.3, 0.4) is 0 Å². The molecule has 0 fully saturated rings. The molecule has 0 aliphatic rings. The molecule has 2 aromatic rings. The van der Waals surface area contributed by atoms with Gasteiger partial charge in [0, 0.05) is 11.6 Å². The number of ether oxygens (including phenoxy) is 1. The van der Waals surface area contributed by atoms with E-state index in [1.807, 2.05) is 24.3 Å². The van der Waals surface area contributed by atoms with Crippen LogP contribution in [0.4, 0.5) is 0 Å². The average Bonchev–Trinajstić information content (AvgIpc) is 2.33. The van der Waals surface area contributed by atoms with Crippen LogP contribution in [-0.4, -0.2) is 12.1 Å². The monoisotopic (exact) mass is 253 g/mol. The molecule has 2 nitrogen and oxygen atoms in total. The molecule has 0 saturated carbocycles. The first-order valence-corrected chi connectivity index (χ1v) is 5.43. The van der Waals surface area contributed by atoms with Crippen molar-refractivity contribution in [1.82, 2.24) is 4.98 Å². The molecule has 0 atom stereocenters. The number of hydrogen-bond acceptors (Lipinski definition) is 2. The van der Waals surface area contributed by atoms with Crippen molar-refractivity contribution < 1.29 is 4.74 Å². The van der Waals surface area contributed by atoms with Gasteiger partial charge in [-0.05, 0) is 12.1 Å². The van der Waals surface area contributed by atoms with E-state index in [4.69, 9.17) is 27.9 Å². The highest BCUT2D eigenvalue weighted by Crippen LogP contribution is 2.32. The maximum Gasteiger partial charge on any atom is 0.213 e. The largest absolute Gasteiger partial charge is 0.481 e. The van der Waals surface area contributed by atoms with Crippen molar-refractivity contribution in [2.45, 2.75) is 0 Å². The second-order valence-electron chi connectivity index (χ2n) is 3.17. The zero-order valence-electron chi connectivity index (χ0n) is 8.58. The Labute approximate surface area is 104 Å². The zero-order chi connectivity index (χ0) is 11.5. The molecule has 0 bridgehead atoms. The van der Waals surface area contributed by atoms with Gasteiger partial charge in [-0.3, -0.25) is 0 Å². The molecule has 0 unspecified atom stereocenters. The number of rotatable bonds is 2. The summed E-state index contributed by atoms with van der Waals surface area (Å²) in [7, 11) is 1.58. The maximum absolute atomic E-state index is 6.11. The van der Waals surface area contributed by atoms with E-state index in [0.717, 1.165) is 11.3 Å². The summed E-state index contributed by atoms with van der Waals surface area (Å²) in [6.07, 6.45) is 0. The van der Waals surface area contributed by atoms with E-state index in [1.165, 1.54) is 0 Å². The summed E-state index contributed by atoms with van der Waals surface area (Å²) in [5.41, 5.74) is 1.54. The molecule has 0 aliphatic heterocycles. The van der Waals surface area contributed by atoms with Crippen LogP contribution in [0, 0.1) is 0 Å². The molecule has 1 aromatic carbocycles. The summed E-state index contributed by atoms with van der Waals surface area (Å²) in [5.74, 6) is 0.550. The van der Waals surface area contributed by atoms with Crippen molar-refractivity contribution in [2.75, 3.05) is 7.11 Å². The van der Waals surface area contributed by atoms with E-state index in [2.05, 4.69) is 4.98 Å². The first-order chi connectivity index (χ1) is 7.72. The smallest absolute Gasteiger partial charge is 0.213 e. The predicted molar refractivity (Wildman–Crippen MR) is 66.2 cm³/mol. The Bertz CT molecular complexity index is 514. The molecule has 0 amide bonds. The Balaban J connectivity index is 2.54. The lowest BCUT2D eigenvalue weighted by atomic mass is 10.1. The van der Waals surface area contributed by atoms with E-state index < -0.39 is 0 Å². The lowest BCUT2D eigenvalue weighted by Crippen LogP contribution is -1.90.